The first-order chi connectivity index (χ1) is 10.8. The predicted octanol–water partition coefficient (Wildman–Crippen LogP) is 1.90. The van der Waals surface area contributed by atoms with E-state index in [1.54, 1.807) is 11.6 Å². The molecule has 6 nitrogen and oxygen atoms in total. The van der Waals surface area contributed by atoms with Crippen LogP contribution in [0, 0.1) is 5.92 Å². The van der Waals surface area contributed by atoms with E-state index in [1.165, 1.54) is 16.2 Å². The summed E-state index contributed by atoms with van der Waals surface area (Å²) in [6.45, 7) is -1.51. The van der Waals surface area contributed by atoms with Gasteiger partial charge in [-0.25, -0.2) is 4.98 Å². The van der Waals surface area contributed by atoms with Gasteiger partial charge < -0.3 is 15.0 Å². The van der Waals surface area contributed by atoms with E-state index in [0.29, 0.717) is 24.5 Å². The van der Waals surface area contributed by atoms with Crippen molar-refractivity contribution in [2.45, 2.75) is 19.0 Å². The maximum absolute atomic E-state index is 12.1. The maximum Gasteiger partial charge on any atom is 0.411 e. The Labute approximate surface area is 134 Å². The third-order valence-electron chi connectivity index (χ3n) is 3.30. The van der Waals surface area contributed by atoms with Crippen LogP contribution in [-0.2, 0) is 14.3 Å². The van der Waals surface area contributed by atoms with Gasteiger partial charge in [-0.15, -0.1) is 11.3 Å². The number of nitrogens with one attached hydrogen (secondary N) is 1. The van der Waals surface area contributed by atoms with Crippen molar-refractivity contribution in [2.24, 2.45) is 5.92 Å². The van der Waals surface area contributed by atoms with E-state index in [2.05, 4.69) is 15.0 Å². The van der Waals surface area contributed by atoms with Crippen LogP contribution < -0.4 is 5.32 Å². The SMILES string of the molecule is O=C(Nc1nccs1)C1CCCN(C(=O)COCC(F)(F)F)C1. The van der Waals surface area contributed by atoms with Crippen LogP contribution in [0.4, 0.5) is 18.3 Å². The number of ether oxygens (including phenoxy) is 1. The third-order valence-corrected chi connectivity index (χ3v) is 3.99. The molecular formula is C13H16F3N3O3S. The highest BCUT2D eigenvalue weighted by Crippen LogP contribution is 2.20. The topological polar surface area (TPSA) is 71.5 Å². The highest BCUT2D eigenvalue weighted by atomic mass is 32.1. The van der Waals surface area contributed by atoms with Gasteiger partial charge in [-0.3, -0.25) is 9.59 Å². The molecule has 0 spiro atoms. The number of aromatic nitrogens is 1. The molecule has 2 rings (SSSR count). The van der Waals surface area contributed by atoms with Gasteiger partial charge in [-0.05, 0) is 12.8 Å². The van der Waals surface area contributed by atoms with Gasteiger partial charge in [-0.1, -0.05) is 0 Å². The Morgan fingerprint density at radius 3 is 2.91 bits per heavy atom. The lowest BCUT2D eigenvalue weighted by molar-refractivity contribution is -0.178. The summed E-state index contributed by atoms with van der Waals surface area (Å²) in [7, 11) is 0. The average molecular weight is 351 g/mol. The van der Waals surface area contributed by atoms with Crippen molar-refractivity contribution in [3.8, 4) is 0 Å². The molecule has 1 unspecified atom stereocenters. The van der Waals surface area contributed by atoms with Crippen molar-refractivity contribution in [3.05, 3.63) is 11.6 Å². The Bertz CT molecular complexity index is 536. The largest absolute Gasteiger partial charge is 0.411 e. The fourth-order valence-electron chi connectivity index (χ4n) is 2.26. The Hall–Kier alpha value is -1.68. The molecular weight excluding hydrogens is 335 g/mol. The lowest BCUT2D eigenvalue weighted by Crippen LogP contribution is -2.45. The lowest BCUT2D eigenvalue weighted by atomic mass is 9.97. The van der Waals surface area contributed by atoms with Crippen LogP contribution in [0.5, 0.6) is 0 Å². The monoisotopic (exact) mass is 351 g/mol. The van der Waals surface area contributed by atoms with Gasteiger partial charge in [0.05, 0.1) is 5.92 Å². The summed E-state index contributed by atoms with van der Waals surface area (Å²) < 4.78 is 40.3. The van der Waals surface area contributed by atoms with Crippen LogP contribution in [0.15, 0.2) is 11.6 Å². The van der Waals surface area contributed by atoms with Gasteiger partial charge in [0.25, 0.3) is 0 Å². The fourth-order valence-corrected chi connectivity index (χ4v) is 2.79. The molecule has 23 heavy (non-hydrogen) atoms. The first-order valence-corrected chi connectivity index (χ1v) is 7.86. The minimum absolute atomic E-state index is 0.172. The summed E-state index contributed by atoms with van der Waals surface area (Å²) in [5.41, 5.74) is 0. The Morgan fingerprint density at radius 2 is 2.26 bits per heavy atom. The molecule has 2 amide bonds. The van der Waals surface area contributed by atoms with Gasteiger partial charge in [0.2, 0.25) is 11.8 Å². The van der Waals surface area contributed by atoms with Gasteiger partial charge in [0.15, 0.2) is 5.13 Å². The van der Waals surface area contributed by atoms with Crippen LogP contribution in [0.25, 0.3) is 0 Å². The number of amides is 2. The first-order valence-electron chi connectivity index (χ1n) is 6.98. The van der Waals surface area contributed by atoms with E-state index < -0.39 is 31.2 Å². The lowest BCUT2D eigenvalue weighted by Gasteiger charge is -2.31. The van der Waals surface area contributed by atoms with E-state index in [9.17, 15) is 22.8 Å². The van der Waals surface area contributed by atoms with Crippen LogP contribution in [0.3, 0.4) is 0 Å². The summed E-state index contributed by atoms with van der Waals surface area (Å²) in [6, 6.07) is 0. The van der Waals surface area contributed by atoms with Crippen molar-refractivity contribution in [3.63, 3.8) is 0 Å². The van der Waals surface area contributed by atoms with Crippen molar-refractivity contribution in [1.82, 2.24) is 9.88 Å². The minimum atomic E-state index is -4.46. The molecule has 0 aromatic carbocycles. The zero-order valence-corrected chi connectivity index (χ0v) is 13.0. The Balaban J connectivity index is 1.80. The van der Waals surface area contributed by atoms with Gasteiger partial charge >= 0.3 is 6.18 Å². The standard InChI is InChI=1S/C13H16F3N3O3S/c14-13(15,16)8-22-7-10(20)19-4-1-2-9(6-19)11(21)18-12-17-3-5-23-12/h3,5,9H,1-2,4,6-8H2,(H,17,18,21). The number of thiazole rings is 1. The van der Waals surface area contributed by atoms with Gasteiger partial charge in [0.1, 0.15) is 13.2 Å². The number of halogens is 3. The molecule has 1 saturated heterocycles. The van der Waals surface area contributed by atoms with Crippen molar-refractivity contribution in [2.75, 3.05) is 31.6 Å². The van der Waals surface area contributed by atoms with E-state index in [0.717, 1.165) is 0 Å². The summed E-state index contributed by atoms with van der Waals surface area (Å²) in [4.78, 5) is 29.3. The number of nitrogens with zero attached hydrogens (tertiary/aromatic N) is 2. The predicted molar refractivity (Wildman–Crippen MR) is 76.9 cm³/mol. The summed E-state index contributed by atoms with van der Waals surface area (Å²) in [6.07, 6.45) is -1.67. The zero-order valence-electron chi connectivity index (χ0n) is 12.1. The van der Waals surface area contributed by atoms with E-state index >= 15 is 0 Å². The number of carbonyl (C=O) groups excluding carboxylic acids is 2. The second-order valence-electron chi connectivity index (χ2n) is 5.11. The number of alkyl halides is 3. The summed E-state index contributed by atoms with van der Waals surface area (Å²) in [5.74, 6) is -1.19. The number of anilines is 1. The number of piperidine rings is 1. The average Bonchev–Trinajstić information content (AvgIpc) is 2.99. The van der Waals surface area contributed by atoms with Crippen LogP contribution in [0.1, 0.15) is 12.8 Å². The fraction of sp³-hybridized carbons (Fsp3) is 0.615. The molecule has 2 heterocycles. The van der Waals surface area contributed by atoms with E-state index in [-0.39, 0.29) is 12.5 Å². The molecule has 1 N–H and O–H groups in total. The second-order valence-corrected chi connectivity index (χ2v) is 6.01. The molecule has 0 radical (unpaired) electrons. The Kier molecular flexibility index (Phi) is 5.94. The number of likely N-dealkylation sites (tertiary alicyclic amines) is 1. The molecule has 0 bridgehead atoms. The van der Waals surface area contributed by atoms with Crippen LogP contribution >= 0.6 is 11.3 Å². The number of hydrogen-bond donors (Lipinski definition) is 1. The van der Waals surface area contributed by atoms with Crippen molar-refractivity contribution >= 4 is 28.3 Å². The number of hydrogen-bond acceptors (Lipinski definition) is 5. The van der Waals surface area contributed by atoms with Crippen molar-refractivity contribution < 1.29 is 27.5 Å². The molecule has 128 valence electrons. The number of carbonyl (C=O) groups is 2. The second kappa shape index (κ2) is 7.73. The highest BCUT2D eigenvalue weighted by Gasteiger charge is 2.31. The van der Waals surface area contributed by atoms with Gasteiger partial charge in [0, 0.05) is 24.7 Å². The molecule has 1 aromatic rings. The zero-order chi connectivity index (χ0) is 16.9. The number of rotatable bonds is 5. The molecule has 1 atom stereocenters. The molecule has 1 aromatic heterocycles. The van der Waals surface area contributed by atoms with Crippen LogP contribution in [0.2, 0.25) is 0 Å². The minimum Gasteiger partial charge on any atom is -0.362 e. The summed E-state index contributed by atoms with van der Waals surface area (Å²) in [5, 5.41) is 4.87. The molecule has 1 aliphatic heterocycles. The molecule has 10 heteroatoms. The quantitative estimate of drug-likeness (QED) is 0.880. The summed E-state index contributed by atoms with van der Waals surface area (Å²) >= 11 is 1.29. The molecule has 1 aliphatic rings. The van der Waals surface area contributed by atoms with Crippen LogP contribution in [-0.4, -0.2) is 54.2 Å². The van der Waals surface area contributed by atoms with E-state index in [4.69, 9.17) is 0 Å². The smallest absolute Gasteiger partial charge is 0.362 e. The molecule has 0 saturated carbocycles. The normalized spacial score (nSPS) is 18.7. The first kappa shape index (κ1) is 17.7. The molecule has 1 fully saturated rings. The van der Waals surface area contributed by atoms with Crippen molar-refractivity contribution in [1.29, 1.82) is 0 Å². The van der Waals surface area contributed by atoms with E-state index in [1.807, 2.05) is 0 Å². The van der Waals surface area contributed by atoms with Gasteiger partial charge in [-0.2, -0.15) is 13.2 Å². The Morgan fingerprint density at radius 1 is 1.48 bits per heavy atom. The molecule has 0 aliphatic carbocycles. The third kappa shape index (κ3) is 5.79. The maximum atomic E-state index is 12.1. The highest BCUT2D eigenvalue weighted by molar-refractivity contribution is 7.13.